The second-order valence-electron chi connectivity index (χ2n) is 9.58. The van der Waals surface area contributed by atoms with Crippen LogP contribution in [0, 0.1) is 13.8 Å². The molecule has 3 aromatic heterocycles. The second-order valence-corrected chi connectivity index (χ2v) is 9.58. The quantitative estimate of drug-likeness (QED) is 0.274. The predicted molar refractivity (Wildman–Crippen MR) is 147 cm³/mol. The number of nitrogens with one attached hydrogen (secondary N) is 1. The molecular formula is C29H32N6O4. The van der Waals surface area contributed by atoms with E-state index >= 15 is 0 Å². The van der Waals surface area contributed by atoms with Gasteiger partial charge in [0.25, 0.3) is 5.56 Å². The highest BCUT2D eigenvalue weighted by atomic mass is 16.5. The van der Waals surface area contributed by atoms with E-state index in [4.69, 9.17) is 13.9 Å². The third-order valence-corrected chi connectivity index (χ3v) is 7.04. The lowest BCUT2D eigenvalue weighted by molar-refractivity contribution is 0.247. The zero-order chi connectivity index (χ0) is 27.4. The van der Waals surface area contributed by atoms with E-state index < -0.39 is 0 Å². The van der Waals surface area contributed by atoms with Crippen molar-refractivity contribution in [3.05, 3.63) is 99.0 Å². The van der Waals surface area contributed by atoms with Crippen molar-refractivity contribution in [3.8, 4) is 11.5 Å². The first-order chi connectivity index (χ1) is 18.9. The molecule has 10 nitrogen and oxygen atoms in total. The van der Waals surface area contributed by atoms with Crippen LogP contribution in [0.3, 0.4) is 0 Å². The molecule has 0 spiro atoms. The summed E-state index contributed by atoms with van der Waals surface area (Å²) in [7, 11) is 3.25. The van der Waals surface area contributed by atoms with Gasteiger partial charge >= 0.3 is 0 Å². The largest absolute Gasteiger partial charge is 0.493 e. The van der Waals surface area contributed by atoms with Crippen LogP contribution in [-0.4, -0.2) is 50.9 Å². The Kier molecular flexibility index (Phi) is 7.74. The number of nitrogens with zero attached hydrogens (tertiary/aromatic N) is 5. The summed E-state index contributed by atoms with van der Waals surface area (Å²) in [5.41, 5.74) is 4.78. The third-order valence-electron chi connectivity index (χ3n) is 7.04. The minimum Gasteiger partial charge on any atom is -0.493 e. The highest BCUT2D eigenvalue weighted by Crippen LogP contribution is 2.28. The van der Waals surface area contributed by atoms with Gasteiger partial charge in [-0.05, 0) is 83.1 Å². The molecule has 0 aliphatic rings. The van der Waals surface area contributed by atoms with Crippen molar-refractivity contribution in [1.82, 2.24) is 30.1 Å². The van der Waals surface area contributed by atoms with Gasteiger partial charge in [-0.25, -0.2) is 4.68 Å². The van der Waals surface area contributed by atoms with Gasteiger partial charge in [0.15, 0.2) is 17.3 Å². The molecule has 0 fully saturated rings. The van der Waals surface area contributed by atoms with Crippen LogP contribution in [-0.2, 0) is 26.1 Å². The van der Waals surface area contributed by atoms with Crippen LogP contribution >= 0.6 is 0 Å². The number of tetrazole rings is 1. The fourth-order valence-electron chi connectivity index (χ4n) is 4.68. The van der Waals surface area contributed by atoms with Gasteiger partial charge in [0.2, 0.25) is 0 Å². The van der Waals surface area contributed by atoms with Crippen LogP contribution < -0.4 is 15.0 Å². The Morgan fingerprint density at radius 1 is 1.03 bits per heavy atom. The number of rotatable bonds is 11. The van der Waals surface area contributed by atoms with E-state index in [0.717, 1.165) is 39.8 Å². The third kappa shape index (κ3) is 5.85. The number of furan rings is 1. The number of benzene rings is 2. The maximum Gasteiger partial charge on any atom is 0.252 e. The van der Waals surface area contributed by atoms with Gasteiger partial charge in [-0.1, -0.05) is 18.2 Å². The lowest BCUT2D eigenvalue weighted by Gasteiger charge is -2.22. The van der Waals surface area contributed by atoms with Crippen molar-refractivity contribution in [3.63, 3.8) is 0 Å². The normalized spacial score (nSPS) is 11.4. The Balaban J connectivity index is 1.42. The van der Waals surface area contributed by atoms with Crippen molar-refractivity contribution in [2.75, 3.05) is 20.8 Å². The topological polar surface area (TPSA) is 111 Å². The van der Waals surface area contributed by atoms with Crippen LogP contribution in [0.4, 0.5) is 0 Å². The molecule has 5 aromatic rings. The van der Waals surface area contributed by atoms with Gasteiger partial charge in [0, 0.05) is 18.7 Å². The monoisotopic (exact) mass is 528 g/mol. The molecule has 0 atom stereocenters. The van der Waals surface area contributed by atoms with E-state index in [-0.39, 0.29) is 5.56 Å². The summed E-state index contributed by atoms with van der Waals surface area (Å²) in [5, 5.41) is 13.3. The highest BCUT2D eigenvalue weighted by molar-refractivity contribution is 5.83. The number of methoxy groups -OCH3 is 2. The van der Waals surface area contributed by atoms with Crippen molar-refractivity contribution in [2.45, 2.75) is 39.9 Å². The molecule has 3 heterocycles. The van der Waals surface area contributed by atoms with E-state index in [2.05, 4.69) is 37.5 Å². The molecule has 0 unspecified atom stereocenters. The smallest absolute Gasteiger partial charge is 0.252 e. The average molecular weight is 529 g/mol. The van der Waals surface area contributed by atoms with E-state index in [9.17, 15) is 4.79 Å². The Morgan fingerprint density at radius 2 is 1.87 bits per heavy atom. The summed E-state index contributed by atoms with van der Waals surface area (Å²) in [4.78, 5) is 18.5. The van der Waals surface area contributed by atoms with Crippen molar-refractivity contribution < 1.29 is 13.9 Å². The van der Waals surface area contributed by atoms with Crippen molar-refractivity contribution in [1.29, 1.82) is 0 Å². The van der Waals surface area contributed by atoms with Gasteiger partial charge in [-0.3, -0.25) is 9.69 Å². The van der Waals surface area contributed by atoms with Crippen LogP contribution in [0.2, 0.25) is 0 Å². The summed E-state index contributed by atoms with van der Waals surface area (Å²) >= 11 is 0. The number of H-pyrrole nitrogens is 1. The first kappa shape index (κ1) is 26.2. The summed E-state index contributed by atoms with van der Waals surface area (Å²) in [6.07, 6.45) is 2.36. The standard InChI is InChI=1S/C29H32N6O4/c1-19-7-9-22-15-23(29(36)30-28(22)20(19)2)16-34(12-11-21-8-10-25(37-3)26(14-21)38-4)18-27-31-32-33-35(27)17-24-6-5-13-39-24/h5-10,13-15H,11-12,16-18H2,1-4H3,(H,30,36). The zero-order valence-electron chi connectivity index (χ0n) is 22.6. The van der Waals surface area contributed by atoms with E-state index in [1.54, 1.807) is 25.2 Å². The molecule has 0 aliphatic carbocycles. The molecular weight excluding hydrogens is 496 g/mol. The average Bonchev–Trinajstić information content (AvgIpc) is 3.62. The number of pyridine rings is 1. The number of hydrogen-bond acceptors (Lipinski definition) is 8. The zero-order valence-corrected chi connectivity index (χ0v) is 22.6. The fourth-order valence-corrected chi connectivity index (χ4v) is 4.68. The Morgan fingerprint density at radius 3 is 2.64 bits per heavy atom. The predicted octanol–water partition coefficient (Wildman–Crippen LogP) is 4.03. The first-order valence-corrected chi connectivity index (χ1v) is 12.8. The van der Waals surface area contributed by atoms with Crippen molar-refractivity contribution in [2.24, 2.45) is 0 Å². The number of aromatic nitrogens is 5. The first-order valence-electron chi connectivity index (χ1n) is 12.8. The maximum atomic E-state index is 13.2. The molecule has 39 heavy (non-hydrogen) atoms. The van der Waals surface area contributed by atoms with Gasteiger partial charge in [0.1, 0.15) is 12.3 Å². The molecule has 0 saturated carbocycles. The number of aryl methyl sites for hydroxylation is 2. The second kappa shape index (κ2) is 11.5. The summed E-state index contributed by atoms with van der Waals surface area (Å²) in [6, 6.07) is 15.7. The van der Waals surface area contributed by atoms with Crippen LogP contribution in [0.15, 0.2) is 64.0 Å². The van der Waals surface area contributed by atoms with Crippen LogP contribution in [0.25, 0.3) is 10.9 Å². The van der Waals surface area contributed by atoms with Gasteiger partial charge in [-0.15, -0.1) is 5.10 Å². The van der Waals surface area contributed by atoms with E-state index in [1.165, 1.54) is 0 Å². The summed E-state index contributed by atoms with van der Waals surface area (Å²) in [6.45, 7) is 6.04. The van der Waals surface area contributed by atoms with Crippen molar-refractivity contribution >= 4 is 10.9 Å². The Labute approximate surface area is 226 Å². The lowest BCUT2D eigenvalue weighted by atomic mass is 10.0. The maximum absolute atomic E-state index is 13.2. The van der Waals surface area contributed by atoms with E-state index in [1.807, 2.05) is 50.2 Å². The number of aromatic amines is 1. The fraction of sp³-hybridized carbons (Fsp3) is 0.310. The molecule has 5 rings (SSSR count). The Hall–Kier alpha value is -4.44. The summed E-state index contributed by atoms with van der Waals surface area (Å²) < 4.78 is 18.1. The number of ether oxygens (including phenoxy) is 2. The Bertz CT molecular complexity index is 1620. The van der Waals surface area contributed by atoms with E-state index in [0.29, 0.717) is 49.1 Å². The minimum absolute atomic E-state index is 0.0949. The van der Waals surface area contributed by atoms with Gasteiger partial charge < -0.3 is 18.9 Å². The molecule has 0 saturated heterocycles. The molecule has 202 valence electrons. The minimum atomic E-state index is -0.0949. The molecule has 0 bridgehead atoms. The molecule has 1 N–H and O–H groups in total. The van der Waals surface area contributed by atoms with Gasteiger partial charge in [0.05, 0.1) is 32.5 Å². The van der Waals surface area contributed by atoms with Crippen LogP contribution in [0.5, 0.6) is 11.5 Å². The molecule has 2 aromatic carbocycles. The lowest BCUT2D eigenvalue weighted by Crippen LogP contribution is -2.30. The van der Waals surface area contributed by atoms with Gasteiger partial charge in [-0.2, -0.15) is 0 Å². The highest BCUT2D eigenvalue weighted by Gasteiger charge is 2.17. The SMILES string of the molecule is COc1ccc(CCN(Cc2cc3ccc(C)c(C)c3[nH]c2=O)Cc2nnnn2Cc2ccco2)cc1OC. The molecule has 0 amide bonds. The number of fused-ring (bicyclic) bond motifs is 1. The van der Waals surface area contributed by atoms with Crippen LogP contribution in [0.1, 0.15) is 33.8 Å². The summed E-state index contributed by atoms with van der Waals surface area (Å²) in [5.74, 6) is 2.81. The molecule has 0 radical (unpaired) electrons. The number of hydrogen-bond donors (Lipinski definition) is 1. The molecule has 0 aliphatic heterocycles. The molecule has 10 heteroatoms.